The molecule has 3 rings (SSSR count). The van der Waals surface area contributed by atoms with Crippen molar-refractivity contribution in [3.05, 3.63) is 11.8 Å². The first-order valence-electron chi connectivity index (χ1n) is 9.03. The van der Waals surface area contributed by atoms with Gasteiger partial charge in [-0.3, -0.25) is 4.79 Å². The molecule has 0 unspecified atom stereocenters. The molecule has 2 atom stereocenters. The maximum Gasteiger partial charge on any atom is 0.254 e. The van der Waals surface area contributed by atoms with Crippen LogP contribution in [-0.4, -0.2) is 65.6 Å². The highest BCUT2D eigenvalue weighted by Crippen LogP contribution is 2.24. The predicted octanol–water partition coefficient (Wildman–Crippen LogP) is 0.507. The fourth-order valence-electron chi connectivity index (χ4n) is 3.47. The standard InChI is InChI=1S/C17H27N5O4/c1-25-13-4-2-10(3-5-13)21-17-19-7-14(15(18)24)16(22-17)20-11-6-12(23)9-26-8-11/h7,10-13,23H,2-6,8-9H2,1H3,(H2,18,24)(H2,19,20,21,22)/t10?,11-,12+,13?/m0/s1. The summed E-state index contributed by atoms with van der Waals surface area (Å²) in [6, 6.07) is 0.130. The minimum atomic E-state index is -0.600. The summed E-state index contributed by atoms with van der Waals surface area (Å²) < 4.78 is 10.7. The molecule has 1 amide bonds. The van der Waals surface area contributed by atoms with Gasteiger partial charge in [-0.15, -0.1) is 0 Å². The first kappa shape index (κ1) is 18.8. The summed E-state index contributed by atoms with van der Waals surface area (Å²) in [6.45, 7) is 0.755. The number of methoxy groups -OCH3 is 1. The Balaban J connectivity index is 1.68. The van der Waals surface area contributed by atoms with E-state index in [9.17, 15) is 9.90 Å². The van der Waals surface area contributed by atoms with E-state index < -0.39 is 12.0 Å². The average Bonchev–Trinajstić information content (AvgIpc) is 2.62. The second-order valence-corrected chi connectivity index (χ2v) is 6.94. The van der Waals surface area contributed by atoms with E-state index in [-0.39, 0.29) is 17.6 Å². The number of carbonyl (C=O) groups is 1. The number of anilines is 2. The van der Waals surface area contributed by atoms with Crippen LogP contribution in [0.4, 0.5) is 11.8 Å². The Morgan fingerprint density at radius 3 is 2.69 bits per heavy atom. The lowest BCUT2D eigenvalue weighted by Crippen LogP contribution is -2.38. The van der Waals surface area contributed by atoms with Gasteiger partial charge in [0.1, 0.15) is 5.82 Å². The molecule has 1 aliphatic carbocycles. The van der Waals surface area contributed by atoms with Crippen molar-refractivity contribution in [1.29, 1.82) is 0 Å². The highest BCUT2D eigenvalue weighted by Gasteiger charge is 2.24. The normalized spacial score (nSPS) is 29.2. The van der Waals surface area contributed by atoms with Gasteiger partial charge in [-0.25, -0.2) is 4.98 Å². The lowest BCUT2D eigenvalue weighted by molar-refractivity contribution is -0.0117. The van der Waals surface area contributed by atoms with E-state index in [0.29, 0.717) is 37.5 Å². The number of nitrogens with two attached hydrogens (primary N) is 1. The van der Waals surface area contributed by atoms with Crippen LogP contribution >= 0.6 is 0 Å². The fraction of sp³-hybridized carbons (Fsp3) is 0.706. The zero-order valence-corrected chi connectivity index (χ0v) is 15.0. The van der Waals surface area contributed by atoms with Crippen molar-refractivity contribution in [2.24, 2.45) is 5.73 Å². The van der Waals surface area contributed by atoms with Crippen molar-refractivity contribution in [1.82, 2.24) is 9.97 Å². The fourth-order valence-corrected chi connectivity index (χ4v) is 3.47. The Morgan fingerprint density at radius 2 is 2.04 bits per heavy atom. The number of aliphatic hydroxyl groups is 1. The number of aromatic nitrogens is 2. The topological polar surface area (TPSA) is 132 Å². The van der Waals surface area contributed by atoms with Crippen LogP contribution in [0.1, 0.15) is 42.5 Å². The lowest BCUT2D eigenvalue weighted by Gasteiger charge is -2.29. The summed E-state index contributed by atoms with van der Waals surface area (Å²) in [7, 11) is 1.74. The molecule has 0 radical (unpaired) electrons. The van der Waals surface area contributed by atoms with Crippen LogP contribution in [0.5, 0.6) is 0 Å². The largest absolute Gasteiger partial charge is 0.391 e. The van der Waals surface area contributed by atoms with Gasteiger partial charge in [-0.1, -0.05) is 0 Å². The molecule has 1 saturated heterocycles. The van der Waals surface area contributed by atoms with Crippen molar-refractivity contribution in [3.8, 4) is 0 Å². The molecule has 144 valence electrons. The van der Waals surface area contributed by atoms with E-state index in [1.54, 1.807) is 7.11 Å². The molecule has 2 heterocycles. The number of nitrogens with one attached hydrogen (secondary N) is 2. The maximum absolute atomic E-state index is 11.7. The monoisotopic (exact) mass is 365 g/mol. The third-order valence-electron chi connectivity index (χ3n) is 4.92. The van der Waals surface area contributed by atoms with Crippen molar-refractivity contribution >= 4 is 17.7 Å². The van der Waals surface area contributed by atoms with Gasteiger partial charge in [0, 0.05) is 19.3 Å². The van der Waals surface area contributed by atoms with Crippen molar-refractivity contribution in [3.63, 3.8) is 0 Å². The smallest absolute Gasteiger partial charge is 0.254 e. The summed E-state index contributed by atoms with van der Waals surface area (Å²) in [5, 5.41) is 16.2. The molecule has 1 aromatic heterocycles. The van der Waals surface area contributed by atoms with E-state index in [1.807, 2.05) is 0 Å². The molecule has 0 aromatic carbocycles. The second-order valence-electron chi connectivity index (χ2n) is 6.94. The average molecular weight is 365 g/mol. The molecule has 2 aliphatic rings. The number of amides is 1. The summed E-state index contributed by atoms with van der Waals surface area (Å²) >= 11 is 0. The first-order valence-corrected chi connectivity index (χ1v) is 9.03. The van der Waals surface area contributed by atoms with Crippen molar-refractivity contribution in [2.45, 2.75) is 56.4 Å². The van der Waals surface area contributed by atoms with Crippen LogP contribution in [0.3, 0.4) is 0 Å². The predicted molar refractivity (Wildman–Crippen MR) is 96.1 cm³/mol. The molecule has 0 spiro atoms. The Hall–Kier alpha value is -1.97. The first-order chi connectivity index (χ1) is 12.5. The SMILES string of the molecule is COC1CCC(Nc2ncc(C(N)=O)c(N[C@@H]3COC[C@H](O)C3)n2)CC1. The number of hydrogen-bond donors (Lipinski definition) is 4. The van der Waals surface area contributed by atoms with Gasteiger partial charge in [0.15, 0.2) is 0 Å². The van der Waals surface area contributed by atoms with Crippen LogP contribution in [0.25, 0.3) is 0 Å². The zero-order valence-electron chi connectivity index (χ0n) is 15.0. The molecule has 1 saturated carbocycles. The number of carbonyl (C=O) groups excluding carboxylic acids is 1. The molecular formula is C17H27N5O4. The van der Waals surface area contributed by atoms with E-state index in [0.717, 1.165) is 25.7 Å². The van der Waals surface area contributed by atoms with Crippen LogP contribution in [-0.2, 0) is 9.47 Å². The van der Waals surface area contributed by atoms with Gasteiger partial charge in [-0.2, -0.15) is 4.98 Å². The van der Waals surface area contributed by atoms with Crippen LogP contribution in [0.15, 0.2) is 6.20 Å². The number of nitrogens with zero attached hydrogens (tertiary/aromatic N) is 2. The third-order valence-corrected chi connectivity index (χ3v) is 4.92. The molecule has 26 heavy (non-hydrogen) atoms. The number of aliphatic hydroxyl groups excluding tert-OH is 1. The summed E-state index contributed by atoms with van der Waals surface area (Å²) in [6.07, 6.45) is 5.68. The van der Waals surface area contributed by atoms with Gasteiger partial charge >= 0.3 is 0 Å². The molecule has 1 aromatic rings. The van der Waals surface area contributed by atoms with E-state index in [4.69, 9.17) is 15.2 Å². The quantitative estimate of drug-likeness (QED) is 0.573. The van der Waals surface area contributed by atoms with Gasteiger partial charge < -0.3 is 30.9 Å². The van der Waals surface area contributed by atoms with E-state index in [2.05, 4.69) is 20.6 Å². The van der Waals surface area contributed by atoms with E-state index >= 15 is 0 Å². The highest BCUT2D eigenvalue weighted by atomic mass is 16.5. The van der Waals surface area contributed by atoms with Crippen LogP contribution < -0.4 is 16.4 Å². The molecule has 5 N–H and O–H groups in total. The molecule has 2 fully saturated rings. The lowest BCUT2D eigenvalue weighted by atomic mass is 9.93. The molecular weight excluding hydrogens is 338 g/mol. The van der Waals surface area contributed by atoms with Gasteiger partial charge in [0.2, 0.25) is 5.95 Å². The molecule has 9 heteroatoms. The molecule has 0 bridgehead atoms. The van der Waals surface area contributed by atoms with Crippen molar-refractivity contribution < 1.29 is 19.4 Å². The number of rotatable bonds is 6. The summed E-state index contributed by atoms with van der Waals surface area (Å²) in [4.78, 5) is 20.4. The minimum absolute atomic E-state index is 0.142. The van der Waals surface area contributed by atoms with E-state index in [1.165, 1.54) is 6.20 Å². The van der Waals surface area contributed by atoms with Gasteiger partial charge in [0.25, 0.3) is 5.91 Å². The van der Waals surface area contributed by atoms with Gasteiger partial charge in [0.05, 0.1) is 37.0 Å². The minimum Gasteiger partial charge on any atom is -0.391 e. The van der Waals surface area contributed by atoms with Crippen LogP contribution in [0.2, 0.25) is 0 Å². The maximum atomic E-state index is 11.7. The number of primary amides is 1. The molecule has 1 aliphatic heterocycles. The Labute approximate surface area is 152 Å². The second kappa shape index (κ2) is 8.61. The van der Waals surface area contributed by atoms with Gasteiger partial charge in [-0.05, 0) is 32.1 Å². The summed E-state index contributed by atoms with van der Waals surface area (Å²) in [5.41, 5.74) is 5.66. The summed E-state index contributed by atoms with van der Waals surface area (Å²) in [5.74, 6) is 0.218. The third kappa shape index (κ3) is 4.80. The highest BCUT2D eigenvalue weighted by molar-refractivity contribution is 5.97. The van der Waals surface area contributed by atoms with Crippen LogP contribution in [0, 0.1) is 0 Å². The zero-order chi connectivity index (χ0) is 18.5. The Kier molecular flexibility index (Phi) is 6.23. The Morgan fingerprint density at radius 1 is 1.27 bits per heavy atom. The Bertz CT molecular complexity index is 621. The molecule has 9 nitrogen and oxygen atoms in total. The number of hydrogen-bond acceptors (Lipinski definition) is 8. The van der Waals surface area contributed by atoms with Crippen molar-refractivity contribution in [2.75, 3.05) is 31.0 Å². The number of ether oxygens (including phenoxy) is 2.